The van der Waals surface area contributed by atoms with Crippen molar-refractivity contribution in [2.24, 2.45) is 0 Å². The summed E-state index contributed by atoms with van der Waals surface area (Å²) in [5, 5.41) is 3.40. The van der Waals surface area contributed by atoms with E-state index in [4.69, 9.17) is 11.6 Å². The van der Waals surface area contributed by atoms with E-state index in [0.717, 1.165) is 14.5 Å². The molecule has 0 aliphatic heterocycles. The molecule has 0 fully saturated rings. The van der Waals surface area contributed by atoms with Gasteiger partial charge in [-0.25, -0.2) is 0 Å². The number of halogens is 3. The van der Waals surface area contributed by atoms with Crippen LogP contribution in [0, 0.1) is 6.92 Å². The first kappa shape index (κ1) is 14.6. The Balaban J connectivity index is 2.28. The van der Waals surface area contributed by atoms with Gasteiger partial charge < -0.3 is 5.32 Å². The maximum atomic E-state index is 12.2. The number of rotatable bonds is 2. The molecule has 98 valence electrons. The highest BCUT2D eigenvalue weighted by molar-refractivity contribution is 9.10. The van der Waals surface area contributed by atoms with Crippen molar-refractivity contribution in [1.29, 1.82) is 0 Å². The molecule has 0 atom stereocenters. The predicted molar refractivity (Wildman–Crippen MR) is 86.0 cm³/mol. The van der Waals surface area contributed by atoms with E-state index in [1.165, 1.54) is 0 Å². The van der Waals surface area contributed by atoms with Crippen LogP contribution in [0.2, 0.25) is 5.02 Å². The van der Waals surface area contributed by atoms with Crippen molar-refractivity contribution in [3.8, 4) is 0 Å². The monoisotopic (exact) mass is 401 g/mol. The van der Waals surface area contributed by atoms with Crippen LogP contribution in [-0.2, 0) is 0 Å². The molecule has 1 N–H and O–H groups in total. The van der Waals surface area contributed by atoms with Gasteiger partial charge in [-0.05, 0) is 64.8 Å². The number of anilines is 1. The average molecular weight is 404 g/mol. The Kier molecular flexibility index (Phi) is 4.66. The smallest absolute Gasteiger partial charge is 0.255 e. The standard InChI is InChI=1S/C14H10Br2ClNO/c1-8-4-9(6-10(15)5-8)14(19)18-13-7-11(17)2-3-12(13)16/h2-7H,1H3,(H,18,19). The quantitative estimate of drug-likeness (QED) is 0.712. The van der Waals surface area contributed by atoms with E-state index >= 15 is 0 Å². The van der Waals surface area contributed by atoms with E-state index in [1.807, 2.05) is 19.1 Å². The van der Waals surface area contributed by atoms with Crippen LogP contribution < -0.4 is 5.32 Å². The lowest BCUT2D eigenvalue weighted by atomic mass is 10.1. The van der Waals surface area contributed by atoms with E-state index < -0.39 is 0 Å². The van der Waals surface area contributed by atoms with Crippen molar-refractivity contribution in [3.05, 3.63) is 61.5 Å². The summed E-state index contributed by atoms with van der Waals surface area (Å²) in [5.41, 5.74) is 2.26. The van der Waals surface area contributed by atoms with Crippen LogP contribution in [0.4, 0.5) is 5.69 Å². The molecular formula is C14H10Br2ClNO. The van der Waals surface area contributed by atoms with Gasteiger partial charge in [0.15, 0.2) is 0 Å². The summed E-state index contributed by atoms with van der Waals surface area (Å²) in [5.74, 6) is -0.174. The molecule has 2 nitrogen and oxygen atoms in total. The Hall–Kier alpha value is -0.840. The minimum Gasteiger partial charge on any atom is -0.321 e. The Morgan fingerprint density at radius 1 is 1.16 bits per heavy atom. The van der Waals surface area contributed by atoms with Gasteiger partial charge in [-0.2, -0.15) is 0 Å². The molecule has 0 saturated carbocycles. The molecular weight excluding hydrogens is 393 g/mol. The molecule has 0 aromatic heterocycles. The van der Waals surface area contributed by atoms with E-state index in [0.29, 0.717) is 16.3 Å². The second-order valence-corrected chi connectivity index (χ2v) is 6.30. The third kappa shape index (κ3) is 3.81. The topological polar surface area (TPSA) is 29.1 Å². The Labute approximate surface area is 133 Å². The summed E-state index contributed by atoms with van der Waals surface area (Å²) >= 11 is 12.7. The molecule has 2 rings (SSSR count). The first-order valence-electron chi connectivity index (χ1n) is 5.49. The summed E-state index contributed by atoms with van der Waals surface area (Å²) in [6.07, 6.45) is 0. The lowest BCUT2D eigenvalue weighted by Gasteiger charge is -2.09. The van der Waals surface area contributed by atoms with Gasteiger partial charge >= 0.3 is 0 Å². The zero-order chi connectivity index (χ0) is 14.0. The Bertz CT molecular complexity index is 623. The van der Waals surface area contributed by atoms with Gasteiger partial charge in [-0.3, -0.25) is 4.79 Å². The summed E-state index contributed by atoms with van der Waals surface area (Å²) in [6.45, 7) is 1.94. The van der Waals surface area contributed by atoms with Crippen LogP contribution in [0.5, 0.6) is 0 Å². The van der Waals surface area contributed by atoms with Crippen molar-refractivity contribution in [2.75, 3.05) is 5.32 Å². The second kappa shape index (κ2) is 6.07. The minimum atomic E-state index is -0.174. The normalized spacial score (nSPS) is 10.3. The van der Waals surface area contributed by atoms with Crippen LogP contribution in [0.25, 0.3) is 0 Å². The largest absolute Gasteiger partial charge is 0.321 e. The molecule has 19 heavy (non-hydrogen) atoms. The first-order chi connectivity index (χ1) is 8.95. The van der Waals surface area contributed by atoms with E-state index in [2.05, 4.69) is 37.2 Å². The fourth-order valence-electron chi connectivity index (χ4n) is 1.66. The number of amides is 1. The highest BCUT2D eigenvalue weighted by Crippen LogP contribution is 2.26. The van der Waals surface area contributed by atoms with E-state index in [1.54, 1.807) is 24.3 Å². The third-order valence-electron chi connectivity index (χ3n) is 2.48. The lowest BCUT2D eigenvalue weighted by Crippen LogP contribution is -2.12. The molecule has 0 radical (unpaired) electrons. The molecule has 0 spiro atoms. The number of nitrogens with one attached hydrogen (secondary N) is 1. The summed E-state index contributed by atoms with van der Waals surface area (Å²) in [4.78, 5) is 12.2. The zero-order valence-corrected chi connectivity index (χ0v) is 13.9. The summed E-state index contributed by atoms with van der Waals surface area (Å²) in [6, 6.07) is 10.8. The van der Waals surface area contributed by atoms with Crippen molar-refractivity contribution >= 4 is 55.1 Å². The minimum absolute atomic E-state index is 0.174. The number of hydrogen-bond donors (Lipinski definition) is 1. The summed E-state index contributed by atoms with van der Waals surface area (Å²) < 4.78 is 1.67. The number of carbonyl (C=O) groups is 1. The average Bonchev–Trinajstić information content (AvgIpc) is 2.32. The van der Waals surface area contributed by atoms with Crippen molar-refractivity contribution in [3.63, 3.8) is 0 Å². The molecule has 0 saturated heterocycles. The van der Waals surface area contributed by atoms with Crippen LogP contribution in [-0.4, -0.2) is 5.91 Å². The van der Waals surface area contributed by atoms with Crippen molar-refractivity contribution in [2.45, 2.75) is 6.92 Å². The van der Waals surface area contributed by atoms with Crippen molar-refractivity contribution < 1.29 is 4.79 Å². The molecule has 2 aromatic carbocycles. The Morgan fingerprint density at radius 3 is 2.58 bits per heavy atom. The molecule has 0 bridgehead atoms. The molecule has 0 unspecified atom stereocenters. The number of aryl methyl sites for hydroxylation is 1. The van der Waals surface area contributed by atoms with Crippen LogP contribution >= 0.6 is 43.5 Å². The number of hydrogen-bond acceptors (Lipinski definition) is 1. The van der Waals surface area contributed by atoms with Gasteiger partial charge in [0.1, 0.15) is 0 Å². The van der Waals surface area contributed by atoms with E-state index in [9.17, 15) is 4.79 Å². The fraction of sp³-hybridized carbons (Fsp3) is 0.0714. The zero-order valence-electron chi connectivity index (χ0n) is 10.0. The molecule has 0 aliphatic rings. The van der Waals surface area contributed by atoms with Crippen LogP contribution in [0.3, 0.4) is 0 Å². The van der Waals surface area contributed by atoms with Gasteiger partial charge in [0.2, 0.25) is 0 Å². The first-order valence-corrected chi connectivity index (χ1v) is 7.46. The fourth-order valence-corrected chi connectivity index (χ4v) is 2.78. The lowest BCUT2D eigenvalue weighted by molar-refractivity contribution is 0.102. The highest BCUT2D eigenvalue weighted by atomic mass is 79.9. The molecule has 2 aromatic rings. The summed E-state index contributed by atoms with van der Waals surface area (Å²) in [7, 11) is 0. The molecule has 5 heteroatoms. The van der Waals surface area contributed by atoms with Gasteiger partial charge in [0, 0.05) is 19.5 Å². The van der Waals surface area contributed by atoms with Crippen molar-refractivity contribution in [1.82, 2.24) is 0 Å². The Morgan fingerprint density at radius 2 is 1.89 bits per heavy atom. The molecule has 0 aliphatic carbocycles. The van der Waals surface area contributed by atoms with Crippen LogP contribution in [0.15, 0.2) is 45.3 Å². The molecule has 1 amide bonds. The predicted octanol–water partition coefficient (Wildman–Crippen LogP) is 5.43. The maximum absolute atomic E-state index is 12.2. The van der Waals surface area contributed by atoms with Gasteiger partial charge in [-0.15, -0.1) is 0 Å². The number of benzene rings is 2. The van der Waals surface area contributed by atoms with Gasteiger partial charge in [-0.1, -0.05) is 27.5 Å². The van der Waals surface area contributed by atoms with Gasteiger partial charge in [0.05, 0.1) is 5.69 Å². The third-order valence-corrected chi connectivity index (χ3v) is 3.87. The van der Waals surface area contributed by atoms with Gasteiger partial charge in [0.25, 0.3) is 5.91 Å². The second-order valence-electron chi connectivity index (χ2n) is 4.10. The highest BCUT2D eigenvalue weighted by Gasteiger charge is 2.10. The maximum Gasteiger partial charge on any atom is 0.255 e. The van der Waals surface area contributed by atoms with E-state index in [-0.39, 0.29) is 5.91 Å². The van der Waals surface area contributed by atoms with Crippen LogP contribution in [0.1, 0.15) is 15.9 Å². The number of carbonyl (C=O) groups excluding carboxylic acids is 1. The molecule has 0 heterocycles. The SMILES string of the molecule is Cc1cc(Br)cc(C(=O)Nc2cc(Cl)ccc2Br)c1.